The smallest absolute Gasteiger partial charge is 0.349 e. The fraction of sp³-hybridized carbons (Fsp3) is 0.517. The number of unbranched alkanes of at least 4 members (excludes halogenated alkanes) is 4. The van der Waals surface area contributed by atoms with E-state index in [1.54, 1.807) is 64.2 Å². The molecule has 2 aromatic carbocycles. The third-order valence-electron chi connectivity index (χ3n) is 5.92. The summed E-state index contributed by atoms with van der Waals surface area (Å²) in [5, 5.41) is 2.98. The molecule has 0 bridgehead atoms. The van der Waals surface area contributed by atoms with E-state index < -0.39 is 11.6 Å². The van der Waals surface area contributed by atoms with Gasteiger partial charge in [0.1, 0.15) is 22.9 Å². The molecule has 8 nitrogen and oxygen atoms in total. The molecule has 204 valence electrons. The van der Waals surface area contributed by atoms with Gasteiger partial charge in [-0.15, -0.1) is 0 Å². The van der Waals surface area contributed by atoms with Crippen LogP contribution in [0.15, 0.2) is 42.5 Å². The molecule has 0 aromatic heterocycles. The van der Waals surface area contributed by atoms with Crippen LogP contribution in [0.5, 0.6) is 17.2 Å². The van der Waals surface area contributed by atoms with E-state index >= 15 is 0 Å². The summed E-state index contributed by atoms with van der Waals surface area (Å²) in [5.74, 6) is 1.19. The van der Waals surface area contributed by atoms with Crippen LogP contribution in [-0.4, -0.2) is 49.9 Å². The molecule has 2 aromatic rings. The lowest BCUT2D eigenvalue weighted by Gasteiger charge is -2.25. The maximum Gasteiger partial charge on any atom is 0.349 e. The molecule has 8 heteroatoms. The van der Waals surface area contributed by atoms with Gasteiger partial charge in [-0.05, 0) is 57.0 Å². The van der Waals surface area contributed by atoms with Crippen molar-refractivity contribution in [2.24, 2.45) is 0 Å². The third kappa shape index (κ3) is 9.19. The van der Waals surface area contributed by atoms with Crippen molar-refractivity contribution in [3.8, 4) is 17.2 Å². The molecule has 2 rings (SSSR count). The highest BCUT2D eigenvalue weighted by Crippen LogP contribution is 2.34. The Morgan fingerprint density at radius 3 is 2.08 bits per heavy atom. The molecule has 2 amide bonds. The number of carbonyl (C=O) groups is 2. The minimum absolute atomic E-state index is 0.234. The summed E-state index contributed by atoms with van der Waals surface area (Å²) in [6.07, 6.45) is 5.47. The number of esters is 1. The standard InChI is InChI=1S/C29H42N2O6/c1-7-9-10-11-12-20-31(28(33)30-26-24(34-5)14-13-15-25(26)35-6)21-22-16-18-23(19-17-22)37-29(3,4)27(32)36-8-2/h13-19H,7-12,20-21H2,1-6H3,(H,30,33). The molecule has 0 fully saturated rings. The van der Waals surface area contributed by atoms with E-state index in [1.165, 1.54) is 12.8 Å². The van der Waals surface area contributed by atoms with Crippen molar-refractivity contribution in [2.45, 2.75) is 71.9 Å². The molecule has 0 aliphatic rings. The molecule has 0 aliphatic carbocycles. The molecule has 0 atom stereocenters. The lowest BCUT2D eigenvalue weighted by molar-refractivity contribution is -0.158. The average Bonchev–Trinajstić information content (AvgIpc) is 2.88. The number of urea groups is 1. The second-order valence-electron chi connectivity index (χ2n) is 9.28. The molecule has 0 saturated heterocycles. The van der Waals surface area contributed by atoms with Gasteiger partial charge in [0.15, 0.2) is 5.60 Å². The van der Waals surface area contributed by atoms with Crippen molar-refractivity contribution in [3.05, 3.63) is 48.0 Å². The number of ether oxygens (including phenoxy) is 4. The van der Waals surface area contributed by atoms with Crippen LogP contribution in [0.4, 0.5) is 10.5 Å². The lowest BCUT2D eigenvalue weighted by Crippen LogP contribution is -2.39. The first-order valence-electron chi connectivity index (χ1n) is 13.0. The monoisotopic (exact) mass is 514 g/mol. The van der Waals surface area contributed by atoms with Gasteiger partial charge in [-0.25, -0.2) is 9.59 Å². The van der Waals surface area contributed by atoms with E-state index in [4.69, 9.17) is 18.9 Å². The van der Waals surface area contributed by atoms with Crippen LogP contribution in [0, 0.1) is 0 Å². The SMILES string of the molecule is CCCCCCCN(Cc1ccc(OC(C)(C)C(=O)OCC)cc1)C(=O)Nc1c(OC)cccc1OC. The zero-order valence-electron chi connectivity index (χ0n) is 23.1. The second-order valence-corrected chi connectivity index (χ2v) is 9.28. The summed E-state index contributed by atoms with van der Waals surface area (Å²) >= 11 is 0. The van der Waals surface area contributed by atoms with Gasteiger partial charge in [0.25, 0.3) is 0 Å². The van der Waals surface area contributed by atoms with Gasteiger partial charge in [-0.2, -0.15) is 0 Å². The van der Waals surface area contributed by atoms with Crippen LogP contribution < -0.4 is 19.5 Å². The predicted molar refractivity (Wildman–Crippen MR) is 146 cm³/mol. The summed E-state index contributed by atoms with van der Waals surface area (Å²) < 4.78 is 21.8. The number of methoxy groups -OCH3 is 2. The van der Waals surface area contributed by atoms with Crippen LogP contribution in [0.1, 0.15) is 65.4 Å². The predicted octanol–water partition coefficient (Wildman–Crippen LogP) is 6.43. The Labute approximate surface area is 221 Å². The molecule has 1 N–H and O–H groups in total. The van der Waals surface area contributed by atoms with Crippen molar-refractivity contribution in [1.29, 1.82) is 0 Å². The quantitative estimate of drug-likeness (QED) is 0.218. The number of benzene rings is 2. The largest absolute Gasteiger partial charge is 0.494 e. The highest BCUT2D eigenvalue weighted by atomic mass is 16.6. The van der Waals surface area contributed by atoms with Crippen LogP contribution in [0.3, 0.4) is 0 Å². The average molecular weight is 515 g/mol. The molecular formula is C29H42N2O6. The number of carbonyl (C=O) groups excluding carboxylic acids is 2. The Morgan fingerprint density at radius 1 is 0.892 bits per heavy atom. The Morgan fingerprint density at radius 2 is 1.51 bits per heavy atom. The summed E-state index contributed by atoms with van der Waals surface area (Å²) in [7, 11) is 3.12. The van der Waals surface area contributed by atoms with Crippen LogP contribution in [0.25, 0.3) is 0 Å². The van der Waals surface area contributed by atoms with E-state index in [0.717, 1.165) is 24.8 Å². The Bertz CT molecular complexity index is 968. The normalized spacial score (nSPS) is 11.0. The first-order valence-corrected chi connectivity index (χ1v) is 13.0. The minimum Gasteiger partial charge on any atom is -0.494 e. The topological polar surface area (TPSA) is 86.3 Å². The van der Waals surface area contributed by atoms with Gasteiger partial charge in [-0.1, -0.05) is 50.8 Å². The third-order valence-corrected chi connectivity index (χ3v) is 5.92. The summed E-state index contributed by atoms with van der Waals surface area (Å²) in [6, 6.07) is 12.5. The summed E-state index contributed by atoms with van der Waals surface area (Å²) in [4.78, 5) is 27.3. The van der Waals surface area contributed by atoms with Gasteiger partial charge >= 0.3 is 12.0 Å². The molecule has 0 spiro atoms. The Hall–Kier alpha value is -3.42. The van der Waals surface area contributed by atoms with E-state index in [-0.39, 0.29) is 6.03 Å². The van der Waals surface area contributed by atoms with Crippen LogP contribution in [-0.2, 0) is 16.1 Å². The van der Waals surface area contributed by atoms with Gasteiger partial charge in [0.05, 0.1) is 20.8 Å². The van der Waals surface area contributed by atoms with E-state index in [9.17, 15) is 9.59 Å². The number of para-hydroxylation sites is 1. The molecule has 0 aliphatic heterocycles. The molecule has 0 heterocycles. The van der Waals surface area contributed by atoms with Crippen LogP contribution in [0.2, 0.25) is 0 Å². The number of nitrogens with one attached hydrogen (secondary N) is 1. The zero-order valence-corrected chi connectivity index (χ0v) is 23.1. The second kappa shape index (κ2) is 15.0. The van der Waals surface area contributed by atoms with Crippen LogP contribution >= 0.6 is 0 Å². The molecule has 37 heavy (non-hydrogen) atoms. The number of anilines is 1. The van der Waals surface area contributed by atoms with Gasteiger partial charge in [-0.3, -0.25) is 0 Å². The van der Waals surface area contributed by atoms with Gasteiger partial charge < -0.3 is 29.2 Å². The number of rotatable bonds is 15. The number of nitrogens with zero attached hydrogens (tertiary/aromatic N) is 1. The summed E-state index contributed by atoms with van der Waals surface area (Å²) in [6.45, 7) is 8.62. The first kappa shape index (κ1) is 29.8. The number of hydrogen-bond donors (Lipinski definition) is 1. The van der Waals surface area contributed by atoms with Gasteiger partial charge in [0, 0.05) is 13.1 Å². The van der Waals surface area contributed by atoms with Crippen molar-refractivity contribution in [1.82, 2.24) is 4.90 Å². The highest BCUT2D eigenvalue weighted by Gasteiger charge is 2.31. The Kier molecular flexibility index (Phi) is 12.1. The maximum atomic E-state index is 13.4. The fourth-order valence-corrected chi connectivity index (χ4v) is 3.84. The highest BCUT2D eigenvalue weighted by molar-refractivity contribution is 5.93. The van der Waals surface area contributed by atoms with Gasteiger partial charge in [0.2, 0.25) is 0 Å². The van der Waals surface area contributed by atoms with Crippen molar-refractivity contribution < 1.29 is 28.5 Å². The van der Waals surface area contributed by atoms with Crippen molar-refractivity contribution in [3.63, 3.8) is 0 Å². The lowest BCUT2D eigenvalue weighted by atomic mass is 10.1. The minimum atomic E-state index is -1.10. The number of amides is 2. The molecule has 0 unspecified atom stereocenters. The fourth-order valence-electron chi connectivity index (χ4n) is 3.84. The first-order chi connectivity index (χ1) is 17.7. The van der Waals surface area contributed by atoms with E-state index in [1.807, 2.05) is 18.2 Å². The maximum absolute atomic E-state index is 13.4. The zero-order chi connectivity index (χ0) is 27.3. The Balaban J connectivity index is 2.16. The molecular weight excluding hydrogens is 472 g/mol. The van der Waals surface area contributed by atoms with E-state index in [2.05, 4.69) is 12.2 Å². The van der Waals surface area contributed by atoms with Crippen molar-refractivity contribution in [2.75, 3.05) is 32.7 Å². The molecule has 0 saturated carbocycles. The van der Waals surface area contributed by atoms with Crippen molar-refractivity contribution >= 4 is 17.7 Å². The van der Waals surface area contributed by atoms with E-state index in [0.29, 0.717) is 42.6 Å². The number of hydrogen-bond acceptors (Lipinski definition) is 6. The molecule has 0 radical (unpaired) electrons. The summed E-state index contributed by atoms with van der Waals surface area (Å²) in [5.41, 5.74) is 0.339.